The van der Waals surface area contributed by atoms with Gasteiger partial charge in [-0.3, -0.25) is 0 Å². The Morgan fingerprint density at radius 3 is 1.11 bits per heavy atom. The second kappa shape index (κ2) is 23.9. The minimum atomic E-state index is -1.40. The molecule has 2 aromatic rings. The van der Waals surface area contributed by atoms with Crippen molar-refractivity contribution in [2.75, 3.05) is 0 Å². The molecule has 3 rings (SSSR count). The molecular weight excluding hydrogens is 685 g/mol. The molecule has 0 amide bonds. The fraction of sp³-hybridized carbons (Fsp3) is 0.680. The van der Waals surface area contributed by atoms with Gasteiger partial charge in [-0.05, 0) is 110 Å². The number of allylic oxidation sites excluding steroid dienone is 2. The van der Waals surface area contributed by atoms with E-state index < -0.39 is 16.1 Å². The quantitative estimate of drug-likeness (QED) is 0.0468. The number of nitrogens with zero attached hydrogens (tertiary/aromatic N) is 2. The van der Waals surface area contributed by atoms with Gasteiger partial charge in [-0.25, -0.2) is 4.70 Å². The summed E-state index contributed by atoms with van der Waals surface area (Å²) in [5, 5.41) is 0. The van der Waals surface area contributed by atoms with Crippen LogP contribution in [0.5, 0.6) is 0 Å². The standard InChI is InChI=1S/C50H84N2Si2/c1-11-21-25-26-27-28-32-48-47(31-24-14-4)49(45-35-41(29-22-12-2)33-43(37-45)39-53(15-5,16-6)17-7)52(51)50(48)46-36-42(30-23-13-3)34-44(38-46)40-54(18-8,19-9)20-10/h33-38H,11-32,39-40H2,1-10H3. The average molecular weight is 769 g/mol. The third kappa shape index (κ3) is 12.5. The van der Waals surface area contributed by atoms with Gasteiger partial charge in [-0.1, -0.05) is 169 Å². The first kappa shape index (κ1) is 46.3. The van der Waals surface area contributed by atoms with E-state index >= 15 is 0 Å². The van der Waals surface area contributed by atoms with E-state index in [0.29, 0.717) is 0 Å². The van der Waals surface area contributed by atoms with Gasteiger partial charge < -0.3 is 5.53 Å². The third-order valence-corrected chi connectivity index (χ3v) is 25.2. The Kier molecular flexibility index (Phi) is 20.5. The van der Waals surface area contributed by atoms with Gasteiger partial charge in [0.05, 0.1) is 16.1 Å². The largest absolute Gasteiger partial charge is 0.493 e. The third-order valence-electron chi connectivity index (χ3n) is 13.9. The van der Waals surface area contributed by atoms with Crippen LogP contribution in [-0.4, -0.2) is 20.8 Å². The van der Waals surface area contributed by atoms with Crippen molar-refractivity contribution < 1.29 is 4.70 Å². The number of rotatable bonds is 28. The highest BCUT2D eigenvalue weighted by molar-refractivity contribution is 6.79. The van der Waals surface area contributed by atoms with Crippen molar-refractivity contribution in [2.24, 2.45) is 0 Å². The first-order chi connectivity index (χ1) is 26.2. The van der Waals surface area contributed by atoms with E-state index in [1.807, 2.05) is 0 Å². The summed E-state index contributed by atoms with van der Waals surface area (Å²) in [5.74, 6) is 0. The van der Waals surface area contributed by atoms with Gasteiger partial charge >= 0.3 is 0 Å². The molecule has 0 spiro atoms. The molecule has 0 saturated carbocycles. The number of aryl methyl sites for hydroxylation is 2. The summed E-state index contributed by atoms with van der Waals surface area (Å²) in [5.41, 5.74) is 26.4. The van der Waals surface area contributed by atoms with Crippen LogP contribution in [-0.2, 0) is 24.9 Å². The summed E-state index contributed by atoms with van der Waals surface area (Å²) in [6.45, 7) is 23.9. The maximum atomic E-state index is 12.9. The highest BCUT2D eigenvalue weighted by Gasteiger charge is 2.37. The molecule has 2 nitrogen and oxygen atoms in total. The molecule has 302 valence electrons. The summed E-state index contributed by atoms with van der Waals surface area (Å²) in [7, 11) is -2.79. The molecule has 1 aliphatic rings. The number of unbranched alkanes of at least 4 members (excludes halogenated alkanes) is 8. The van der Waals surface area contributed by atoms with Crippen LogP contribution in [0.25, 0.3) is 16.9 Å². The molecule has 0 unspecified atom stereocenters. The maximum Gasteiger partial charge on any atom is 0.211 e. The second-order valence-electron chi connectivity index (χ2n) is 17.3. The molecule has 0 fully saturated rings. The Morgan fingerprint density at radius 2 is 0.722 bits per heavy atom. The number of hydrogen-bond acceptors (Lipinski definition) is 0. The van der Waals surface area contributed by atoms with Gasteiger partial charge in [-0.15, -0.1) is 0 Å². The molecule has 1 heterocycles. The van der Waals surface area contributed by atoms with Crippen molar-refractivity contribution in [2.45, 2.75) is 220 Å². The first-order valence-corrected chi connectivity index (χ1v) is 29.0. The van der Waals surface area contributed by atoms with E-state index in [4.69, 9.17) is 0 Å². The van der Waals surface area contributed by atoms with E-state index in [2.05, 4.69) is 106 Å². The Hall–Kier alpha value is -2.05. The van der Waals surface area contributed by atoms with E-state index in [1.54, 1.807) is 4.70 Å². The van der Waals surface area contributed by atoms with Gasteiger partial charge in [0.2, 0.25) is 11.4 Å². The Bertz CT molecular complexity index is 1490. The summed E-state index contributed by atoms with van der Waals surface area (Å²) in [4.78, 5) is 0. The van der Waals surface area contributed by atoms with Crippen LogP contribution in [0, 0.1) is 0 Å². The Balaban J connectivity index is 2.31. The zero-order valence-electron chi connectivity index (χ0n) is 37.3. The van der Waals surface area contributed by atoms with Crippen LogP contribution >= 0.6 is 0 Å². The van der Waals surface area contributed by atoms with Crippen LogP contribution in [0.1, 0.15) is 193 Å². The molecule has 0 N–H and O–H groups in total. The molecule has 54 heavy (non-hydrogen) atoms. The van der Waals surface area contributed by atoms with Crippen molar-refractivity contribution in [3.63, 3.8) is 0 Å². The monoisotopic (exact) mass is 769 g/mol. The van der Waals surface area contributed by atoms with Gasteiger partial charge in [0.25, 0.3) is 0 Å². The lowest BCUT2D eigenvalue weighted by molar-refractivity contribution is -0.345. The summed E-state index contributed by atoms with van der Waals surface area (Å²) < 4.78 is 1.72. The summed E-state index contributed by atoms with van der Waals surface area (Å²) in [6.07, 6.45) is 19.2. The van der Waals surface area contributed by atoms with E-state index in [1.165, 1.54) is 157 Å². The molecule has 0 aliphatic carbocycles. The van der Waals surface area contributed by atoms with Crippen LogP contribution in [0.2, 0.25) is 36.3 Å². The van der Waals surface area contributed by atoms with Crippen LogP contribution in [0.15, 0.2) is 47.5 Å². The van der Waals surface area contributed by atoms with Crippen molar-refractivity contribution in [3.8, 4) is 0 Å². The van der Waals surface area contributed by atoms with Crippen molar-refractivity contribution in [1.82, 2.24) is 0 Å². The molecule has 0 bridgehead atoms. The Labute approximate surface area is 337 Å². The smallest absolute Gasteiger partial charge is 0.211 e. The van der Waals surface area contributed by atoms with Crippen molar-refractivity contribution >= 4 is 27.5 Å². The van der Waals surface area contributed by atoms with E-state index in [-0.39, 0.29) is 0 Å². The normalized spacial score (nSPS) is 13.9. The average Bonchev–Trinajstić information content (AvgIpc) is 3.47. The zero-order chi connectivity index (χ0) is 39.6. The molecule has 0 radical (unpaired) electrons. The molecule has 4 heteroatoms. The lowest BCUT2D eigenvalue weighted by Crippen LogP contribution is -2.34. The molecular formula is C50H84N2Si2. The zero-order valence-corrected chi connectivity index (χ0v) is 39.3. The molecule has 2 aromatic carbocycles. The van der Waals surface area contributed by atoms with Gasteiger partial charge in [0, 0.05) is 22.3 Å². The molecule has 1 aliphatic heterocycles. The predicted octanol–water partition coefficient (Wildman–Crippen LogP) is 16.7. The second-order valence-corrected chi connectivity index (χ2v) is 28.3. The van der Waals surface area contributed by atoms with E-state index in [0.717, 1.165) is 49.9 Å². The maximum absolute atomic E-state index is 12.9. The summed E-state index contributed by atoms with van der Waals surface area (Å²) >= 11 is 0. The Morgan fingerprint density at radius 1 is 0.389 bits per heavy atom. The molecule has 0 aromatic heterocycles. The topological polar surface area (TPSA) is 25.3 Å². The first-order valence-electron chi connectivity index (χ1n) is 23.4. The van der Waals surface area contributed by atoms with Crippen molar-refractivity contribution in [3.05, 3.63) is 86.5 Å². The lowest BCUT2D eigenvalue weighted by atomic mass is 9.90. The van der Waals surface area contributed by atoms with E-state index in [9.17, 15) is 5.53 Å². The predicted molar refractivity (Wildman–Crippen MR) is 247 cm³/mol. The molecule has 0 saturated heterocycles. The number of hydrogen-bond donors (Lipinski definition) is 0. The highest BCUT2D eigenvalue weighted by atomic mass is 28.3. The fourth-order valence-corrected chi connectivity index (χ4v) is 16.0. The van der Waals surface area contributed by atoms with Gasteiger partial charge in [-0.2, -0.15) is 0 Å². The van der Waals surface area contributed by atoms with Crippen LogP contribution < -0.4 is 0 Å². The van der Waals surface area contributed by atoms with Crippen molar-refractivity contribution in [1.29, 1.82) is 0 Å². The number of benzene rings is 2. The van der Waals surface area contributed by atoms with Crippen LogP contribution in [0.4, 0.5) is 0 Å². The fourth-order valence-electron chi connectivity index (χ4n) is 9.39. The summed E-state index contributed by atoms with van der Waals surface area (Å²) in [6, 6.07) is 25.6. The minimum absolute atomic E-state index is 1.03. The van der Waals surface area contributed by atoms with Crippen LogP contribution in [0.3, 0.4) is 0 Å². The SMILES string of the molecule is CCCCCCCCC1=C(c2cc(CCCC)cc(C[Si](CC)(CC)CC)c2)[N+](=[N-])C(c2cc(CCCC)cc(C[Si](CC)(CC)CC)c2)=C1CCCC. The lowest BCUT2D eigenvalue weighted by Gasteiger charge is -2.29. The van der Waals surface area contributed by atoms with Gasteiger partial charge in [0.15, 0.2) is 0 Å². The highest BCUT2D eigenvalue weighted by Crippen LogP contribution is 2.46. The minimum Gasteiger partial charge on any atom is -0.493 e. The van der Waals surface area contributed by atoms with Gasteiger partial charge in [0.1, 0.15) is 0 Å². The molecule has 0 atom stereocenters.